The molecule has 3 heterocycles. The van der Waals surface area contributed by atoms with Crippen molar-refractivity contribution in [2.45, 2.75) is 38.4 Å². The Balaban J connectivity index is 1.53. The van der Waals surface area contributed by atoms with Crippen LogP contribution in [0.3, 0.4) is 0 Å². The van der Waals surface area contributed by atoms with E-state index in [0.717, 1.165) is 19.5 Å². The van der Waals surface area contributed by atoms with E-state index >= 15 is 0 Å². The Kier molecular flexibility index (Phi) is 4.90. The molecule has 27 heavy (non-hydrogen) atoms. The molecule has 0 saturated carbocycles. The highest BCUT2D eigenvalue weighted by atomic mass is 32.1. The highest BCUT2D eigenvalue weighted by Crippen LogP contribution is 2.33. The molecule has 2 aromatic rings. The van der Waals surface area contributed by atoms with E-state index in [-0.39, 0.29) is 18.2 Å². The molecule has 0 aliphatic carbocycles. The summed E-state index contributed by atoms with van der Waals surface area (Å²) in [5.41, 5.74) is 1.36. The number of hydrogen-bond acceptors (Lipinski definition) is 4. The molecule has 2 unspecified atom stereocenters. The van der Waals surface area contributed by atoms with Gasteiger partial charge in [-0.05, 0) is 23.4 Å². The van der Waals surface area contributed by atoms with Gasteiger partial charge in [-0.3, -0.25) is 14.5 Å². The molecule has 6 heteroatoms. The normalized spacial score (nSPS) is 23.2. The van der Waals surface area contributed by atoms with E-state index in [2.05, 4.69) is 47.3 Å². The van der Waals surface area contributed by atoms with Gasteiger partial charge in [0.15, 0.2) is 0 Å². The number of aryl methyl sites for hydroxylation is 1. The van der Waals surface area contributed by atoms with Gasteiger partial charge in [0.05, 0.1) is 0 Å². The minimum absolute atomic E-state index is 0.0487. The van der Waals surface area contributed by atoms with Crippen molar-refractivity contribution in [2.75, 3.05) is 19.6 Å². The van der Waals surface area contributed by atoms with Gasteiger partial charge in [-0.15, -0.1) is 23.7 Å². The van der Waals surface area contributed by atoms with Crippen LogP contribution in [0.15, 0.2) is 24.3 Å². The van der Waals surface area contributed by atoms with Gasteiger partial charge in [0.1, 0.15) is 12.1 Å². The maximum absolute atomic E-state index is 12.6. The fourth-order valence-corrected chi connectivity index (χ4v) is 5.24. The van der Waals surface area contributed by atoms with Gasteiger partial charge in [-0.25, -0.2) is 0 Å². The third kappa shape index (κ3) is 3.22. The molecule has 1 N–H and O–H groups in total. The molecule has 2 fully saturated rings. The first-order valence-electron chi connectivity index (χ1n) is 9.38. The van der Waals surface area contributed by atoms with Crippen molar-refractivity contribution in [2.24, 2.45) is 0 Å². The summed E-state index contributed by atoms with van der Waals surface area (Å²) >= 11 is 1.85. The summed E-state index contributed by atoms with van der Waals surface area (Å²) < 4.78 is 1.31. The van der Waals surface area contributed by atoms with Gasteiger partial charge in [-0.2, -0.15) is 0 Å². The number of nitrogens with one attached hydrogen (secondary N) is 1. The van der Waals surface area contributed by atoms with E-state index in [1.165, 1.54) is 20.5 Å². The first-order chi connectivity index (χ1) is 13.1. The molecular formula is C21H23N3O2S. The number of fused-ring (bicyclic) bond motifs is 2. The molecule has 2 aliphatic heterocycles. The lowest BCUT2D eigenvalue weighted by atomic mass is 10.0. The topological polar surface area (TPSA) is 52.7 Å². The van der Waals surface area contributed by atoms with Gasteiger partial charge >= 0.3 is 0 Å². The zero-order valence-electron chi connectivity index (χ0n) is 15.4. The maximum Gasteiger partial charge on any atom is 0.246 e. The van der Waals surface area contributed by atoms with Crippen LogP contribution >= 0.6 is 11.3 Å². The number of carbonyl (C=O) groups excluding carboxylic acids is 2. The fourth-order valence-electron chi connectivity index (χ4n) is 4.09. The van der Waals surface area contributed by atoms with E-state index in [1.807, 2.05) is 11.3 Å². The second kappa shape index (κ2) is 7.34. The monoisotopic (exact) mass is 381 g/mol. The number of piperazine rings is 2. The van der Waals surface area contributed by atoms with Crippen molar-refractivity contribution in [3.63, 3.8) is 0 Å². The molecule has 2 aliphatic rings. The zero-order chi connectivity index (χ0) is 19.0. The van der Waals surface area contributed by atoms with Gasteiger partial charge in [0.2, 0.25) is 11.8 Å². The summed E-state index contributed by atoms with van der Waals surface area (Å²) in [6.45, 7) is 4.90. The van der Waals surface area contributed by atoms with Crippen LogP contribution in [0.1, 0.15) is 23.8 Å². The Morgan fingerprint density at radius 1 is 1.30 bits per heavy atom. The lowest BCUT2D eigenvalue weighted by Crippen LogP contribution is -2.69. The van der Waals surface area contributed by atoms with Crippen LogP contribution in [0.5, 0.6) is 0 Å². The number of hydrogen-bond donors (Lipinski definition) is 1. The average Bonchev–Trinajstić information content (AvgIpc) is 3.04. The first kappa shape index (κ1) is 18.0. The summed E-state index contributed by atoms with van der Waals surface area (Å²) in [5.74, 6) is 2.34. The highest BCUT2D eigenvalue weighted by molar-refractivity contribution is 7.19. The number of terminal acetylenes is 1. The van der Waals surface area contributed by atoms with E-state index < -0.39 is 12.1 Å². The first-order valence-corrected chi connectivity index (χ1v) is 10.2. The Labute approximate surface area is 163 Å². The third-order valence-corrected chi connectivity index (χ3v) is 6.83. The Morgan fingerprint density at radius 2 is 2.11 bits per heavy atom. The lowest BCUT2D eigenvalue weighted by Gasteiger charge is -2.45. The summed E-state index contributed by atoms with van der Waals surface area (Å²) in [5, 5.41) is 4.11. The summed E-state index contributed by atoms with van der Waals surface area (Å²) in [6, 6.07) is 7.51. The lowest BCUT2D eigenvalue weighted by molar-refractivity contribution is -0.152. The standard InChI is InChI=1S/C21H23N3O2S/c1-3-7-16-21(26)24-11-10-23(13-17(24)20(25)22-16)12-15-14-8-5-6-9-19(14)27-18(15)4-2/h1,5-6,8-9,16-17H,4,7,10-13H2,2H3,(H,22,25). The largest absolute Gasteiger partial charge is 0.342 e. The molecule has 0 bridgehead atoms. The molecule has 4 rings (SSSR count). The minimum Gasteiger partial charge on any atom is -0.342 e. The van der Waals surface area contributed by atoms with Crippen molar-refractivity contribution in [1.29, 1.82) is 0 Å². The van der Waals surface area contributed by atoms with Gasteiger partial charge < -0.3 is 10.2 Å². The van der Waals surface area contributed by atoms with Crippen LogP contribution in [-0.2, 0) is 22.6 Å². The van der Waals surface area contributed by atoms with Gasteiger partial charge in [-0.1, -0.05) is 25.1 Å². The second-order valence-electron chi connectivity index (χ2n) is 7.11. The molecule has 2 amide bonds. The van der Waals surface area contributed by atoms with E-state index in [9.17, 15) is 9.59 Å². The quantitative estimate of drug-likeness (QED) is 0.825. The zero-order valence-corrected chi connectivity index (χ0v) is 16.2. The predicted octanol–water partition coefficient (Wildman–Crippen LogP) is 2.00. The van der Waals surface area contributed by atoms with Gasteiger partial charge in [0.25, 0.3) is 0 Å². The fraction of sp³-hybridized carbons (Fsp3) is 0.429. The number of thiophene rings is 1. The van der Waals surface area contributed by atoms with Crippen molar-refractivity contribution in [3.8, 4) is 12.3 Å². The smallest absolute Gasteiger partial charge is 0.246 e. The predicted molar refractivity (Wildman–Crippen MR) is 107 cm³/mol. The van der Waals surface area contributed by atoms with Crippen molar-refractivity contribution < 1.29 is 9.59 Å². The minimum atomic E-state index is -0.571. The molecule has 1 aromatic carbocycles. The van der Waals surface area contributed by atoms with Crippen LogP contribution in [0.25, 0.3) is 10.1 Å². The number of rotatable bonds is 4. The van der Waals surface area contributed by atoms with Crippen LogP contribution in [0.4, 0.5) is 0 Å². The highest BCUT2D eigenvalue weighted by Gasteiger charge is 2.43. The Hall–Kier alpha value is -2.36. The van der Waals surface area contributed by atoms with Gasteiger partial charge in [0, 0.05) is 42.2 Å². The number of carbonyl (C=O) groups is 2. The Morgan fingerprint density at radius 3 is 2.89 bits per heavy atom. The number of amides is 2. The summed E-state index contributed by atoms with van der Waals surface area (Å²) in [4.78, 5) is 30.5. The molecule has 2 atom stereocenters. The third-order valence-electron chi connectivity index (χ3n) is 5.47. The molecule has 5 nitrogen and oxygen atoms in total. The SMILES string of the molecule is C#CCC1NC(=O)C2CN(Cc3c(CC)sc4ccccc34)CCN2C1=O. The second-order valence-corrected chi connectivity index (χ2v) is 8.24. The number of benzene rings is 1. The maximum atomic E-state index is 12.6. The van der Waals surface area contributed by atoms with Crippen molar-refractivity contribution in [3.05, 3.63) is 34.7 Å². The van der Waals surface area contributed by atoms with Crippen molar-refractivity contribution in [1.82, 2.24) is 15.1 Å². The average molecular weight is 382 g/mol. The van der Waals surface area contributed by atoms with Crippen LogP contribution in [0, 0.1) is 12.3 Å². The van der Waals surface area contributed by atoms with Crippen LogP contribution in [-0.4, -0.2) is 53.3 Å². The molecule has 1 aromatic heterocycles. The molecule has 0 radical (unpaired) electrons. The van der Waals surface area contributed by atoms with Crippen LogP contribution < -0.4 is 5.32 Å². The van der Waals surface area contributed by atoms with Crippen LogP contribution in [0.2, 0.25) is 0 Å². The van der Waals surface area contributed by atoms with Crippen molar-refractivity contribution >= 4 is 33.2 Å². The summed E-state index contributed by atoms with van der Waals surface area (Å²) in [6.07, 6.45) is 6.58. The molecule has 0 spiro atoms. The van der Waals surface area contributed by atoms with E-state index in [1.54, 1.807) is 4.90 Å². The van der Waals surface area contributed by atoms with E-state index in [0.29, 0.717) is 13.1 Å². The Bertz CT molecular complexity index is 929. The van der Waals surface area contributed by atoms with E-state index in [4.69, 9.17) is 6.42 Å². The summed E-state index contributed by atoms with van der Waals surface area (Å²) in [7, 11) is 0. The molecule has 140 valence electrons. The molecular weight excluding hydrogens is 358 g/mol. The molecule has 2 saturated heterocycles. The number of nitrogens with zero attached hydrogens (tertiary/aromatic N) is 2.